The lowest BCUT2D eigenvalue weighted by Crippen LogP contribution is -2.25. The van der Waals surface area contributed by atoms with Gasteiger partial charge in [-0.25, -0.2) is 4.79 Å². The number of hydrogen-bond donors (Lipinski definition) is 2. The monoisotopic (exact) mass is 277 g/mol. The molecule has 2 N–H and O–H groups in total. The smallest absolute Gasteiger partial charge is 0.331 e. The van der Waals surface area contributed by atoms with Gasteiger partial charge in [0.2, 0.25) is 5.91 Å². The molecule has 0 aliphatic rings. The molecule has 0 aliphatic carbocycles. The first-order valence-corrected chi connectivity index (χ1v) is 6.21. The first-order chi connectivity index (χ1) is 9.45. The van der Waals surface area contributed by atoms with E-state index in [1.807, 2.05) is 24.3 Å². The van der Waals surface area contributed by atoms with Crippen molar-refractivity contribution in [1.29, 1.82) is 0 Å². The van der Waals surface area contributed by atoms with Crippen LogP contribution in [-0.2, 0) is 27.5 Å². The van der Waals surface area contributed by atoms with Gasteiger partial charge in [0.25, 0.3) is 0 Å². The predicted molar refractivity (Wildman–Crippen MR) is 75.0 cm³/mol. The molecule has 0 bridgehead atoms. The minimum absolute atomic E-state index is 0.0515. The van der Waals surface area contributed by atoms with Crippen molar-refractivity contribution in [3.05, 3.63) is 46.5 Å². The molecule has 0 saturated carbocycles. The van der Waals surface area contributed by atoms with Crippen molar-refractivity contribution < 1.29 is 19.4 Å². The number of carbonyl (C=O) groups excluding carboxylic acids is 1. The second-order valence-corrected chi connectivity index (χ2v) is 4.49. The SMILES string of the molecule is COCc1cccc(CNC(=O)C(C)=C(C)C(=O)O)c1. The summed E-state index contributed by atoms with van der Waals surface area (Å²) in [5, 5.41) is 11.5. The van der Waals surface area contributed by atoms with E-state index in [2.05, 4.69) is 5.32 Å². The van der Waals surface area contributed by atoms with Gasteiger partial charge in [-0.1, -0.05) is 24.3 Å². The summed E-state index contributed by atoms with van der Waals surface area (Å²) < 4.78 is 5.04. The van der Waals surface area contributed by atoms with E-state index in [0.717, 1.165) is 11.1 Å². The van der Waals surface area contributed by atoms with Crippen molar-refractivity contribution >= 4 is 11.9 Å². The molecule has 1 rings (SSSR count). The van der Waals surface area contributed by atoms with Gasteiger partial charge in [-0.3, -0.25) is 4.79 Å². The van der Waals surface area contributed by atoms with Gasteiger partial charge in [-0.2, -0.15) is 0 Å². The van der Waals surface area contributed by atoms with Gasteiger partial charge in [0.05, 0.1) is 6.61 Å². The molecule has 1 aromatic rings. The number of benzene rings is 1. The molecule has 0 radical (unpaired) electrons. The fourth-order valence-corrected chi connectivity index (χ4v) is 1.64. The maximum atomic E-state index is 11.8. The average molecular weight is 277 g/mol. The van der Waals surface area contributed by atoms with Crippen LogP contribution in [-0.4, -0.2) is 24.1 Å². The number of carboxylic acids is 1. The Bertz CT molecular complexity index is 534. The van der Waals surface area contributed by atoms with Crippen LogP contribution in [0, 0.1) is 0 Å². The third kappa shape index (κ3) is 4.51. The van der Waals surface area contributed by atoms with Crippen LogP contribution in [0.4, 0.5) is 0 Å². The number of nitrogens with one attached hydrogen (secondary N) is 1. The predicted octanol–water partition coefficient (Wildman–Crippen LogP) is 1.87. The molecule has 1 aromatic carbocycles. The molecule has 0 aliphatic heterocycles. The average Bonchev–Trinajstić information content (AvgIpc) is 2.43. The minimum Gasteiger partial charge on any atom is -0.478 e. The van der Waals surface area contributed by atoms with Crippen molar-refractivity contribution in [1.82, 2.24) is 5.32 Å². The maximum absolute atomic E-state index is 11.8. The highest BCUT2D eigenvalue weighted by Gasteiger charge is 2.12. The van der Waals surface area contributed by atoms with Crippen LogP contribution in [0.15, 0.2) is 35.4 Å². The van der Waals surface area contributed by atoms with Crippen LogP contribution in [0.1, 0.15) is 25.0 Å². The zero-order valence-electron chi connectivity index (χ0n) is 11.9. The summed E-state index contributed by atoms with van der Waals surface area (Å²) in [5.41, 5.74) is 2.23. The number of carbonyl (C=O) groups is 2. The Morgan fingerprint density at radius 2 is 1.85 bits per heavy atom. The lowest BCUT2D eigenvalue weighted by Gasteiger charge is -2.08. The molecule has 5 heteroatoms. The van der Waals surface area contributed by atoms with Gasteiger partial charge in [0, 0.05) is 24.8 Å². The van der Waals surface area contributed by atoms with Crippen molar-refractivity contribution in [3.63, 3.8) is 0 Å². The molecule has 108 valence electrons. The number of carboxylic acid groups (broad SMARTS) is 1. The summed E-state index contributed by atoms with van der Waals surface area (Å²) >= 11 is 0. The highest BCUT2D eigenvalue weighted by Crippen LogP contribution is 2.08. The molecule has 20 heavy (non-hydrogen) atoms. The van der Waals surface area contributed by atoms with Crippen molar-refractivity contribution in [2.75, 3.05) is 7.11 Å². The van der Waals surface area contributed by atoms with E-state index in [1.54, 1.807) is 7.11 Å². The Balaban J connectivity index is 2.68. The fraction of sp³-hybridized carbons (Fsp3) is 0.333. The van der Waals surface area contributed by atoms with E-state index in [0.29, 0.717) is 13.2 Å². The van der Waals surface area contributed by atoms with Gasteiger partial charge in [-0.05, 0) is 25.0 Å². The Kier molecular flexibility index (Phi) is 5.93. The molecule has 5 nitrogen and oxygen atoms in total. The third-order valence-electron chi connectivity index (χ3n) is 2.98. The van der Waals surface area contributed by atoms with E-state index in [1.165, 1.54) is 13.8 Å². The zero-order chi connectivity index (χ0) is 15.1. The standard InChI is InChI=1S/C15H19NO4/c1-10(11(2)15(18)19)14(17)16-8-12-5-4-6-13(7-12)9-20-3/h4-7H,8-9H2,1-3H3,(H,16,17)(H,18,19). The number of ether oxygens (including phenoxy) is 1. The lowest BCUT2D eigenvalue weighted by molar-refractivity contribution is -0.133. The Hall–Kier alpha value is -2.14. The summed E-state index contributed by atoms with van der Waals surface area (Å²) in [4.78, 5) is 22.6. The third-order valence-corrected chi connectivity index (χ3v) is 2.98. The molecule has 1 amide bonds. The highest BCUT2D eigenvalue weighted by atomic mass is 16.5. The second-order valence-electron chi connectivity index (χ2n) is 4.49. The summed E-state index contributed by atoms with van der Waals surface area (Å²) in [6, 6.07) is 7.66. The van der Waals surface area contributed by atoms with Gasteiger partial charge in [0.1, 0.15) is 0 Å². The van der Waals surface area contributed by atoms with Crippen molar-refractivity contribution in [3.8, 4) is 0 Å². The number of hydrogen-bond acceptors (Lipinski definition) is 3. The van der Waals surface area contributed by atoms with Gasteiger partial charge in [-0.15, -0.1) is 0 Å². The fourth-order valence-electron chi connectivity index (χ4n) is 1.64. The number of aliphatic carboxylic acids is 1. The molecule has 0 spiro atoms. The summed E-state index contributed by atoms with van der Waals surface area (Å²) in [7, 11) is 1.62. The van der Waals surface area contributed by atoms with Crippen LogP contribution >= 0.6 is 0 Å². The van der Waals surface area contributed by atoms with Gasteiger partial charge < -0.3 is 15.2 Å². The largest absolute Gasteiger partial charge is 0.478 e. The van der Waals surface area contributed by atoms with E-state index in [-0.39, 0.29) is 17.1 Å². The van der Waals surface area contributed by atoms with Crippen molar-refractivity contribution in [2.45, 2.75) is 27.0 Å². The van der Waals surface area contributed by atoms with E-state index in [4.69, 9.17) is 9.84 Å². The maximum Gasteiger partial charge on any atom is 0.331 e. The molecule has 0 saturated heterocycles. The molecular weight excluding hydrogens is 258 g/mol. The van der Waals surface area contributed by atoms with Crippen LogP contribution in [0.25, 0.3) is 0 Å². The summed E-state index contributed by atoms with van der Waals surface area (Å²) in [6.07, 6.45) is 0. The minimum atomic E-state index is -1.08. The zero-order valence-corrected chi connectivity index (χ0v) is 11.9. The highest BCUT2D eigenvalue weighted by molar-refractivity contribution is 6.01. The molecular formula is C15H19NO4. The normalized spacial score (nSPS) is 11.8. The topological polar surface area (TPSA) is 75.6 Å². The first-order valence-electron chi connectivity index (χ1n) is 6.21. The van der Waals surface area contributed by atoms with Crippen LogP contribution < -0.4 is 5.32 Å². The van der Waals surface area contributed by atoms with Gasteiger partial charge >= 0.3 is 5.97 Å². The quantitative estimate of drug-likeness (QED) is 0.778. The van der Waals surface area contributed by atoms with E-state index >= 15 is 0 Å². The molecule has 0 heterocycles. The van der Waals surface area contributed by atoms with Gasteiger partial charge in [0.15, 0.2) is 0 Å². The molecule has 0 atom stereocenters. The molecule has 0 fully saturated rings. The van der Waals surface area contributed by atoms with E-state index in [9.17, 15) is 9.59 Å². The number of methoxy groups -OCH3 is 1. The number of amides is 1. The van der Waals surface area contributed by atoms with Crippen LogP contribution in [0.2, 0.25) is 0 Å². The Morgan fingerprint density at radius 3 is 2.45 bits per heavy atom. The second kappa shape index (κ2) is 7.45. The molecule has 0 unspecified atom stereocenters. The Morgan fingerprint density at radius 1 is 1.20 bits per heavy atom. The lowest BCUT2D eigenvalue weighted by atomic mass is 10.1. The number of rotatable bonds is 6. The Labute approximate surface area is 118 Å². The first kappa shape index (κ1) is 15.9. The summed E-state index contributed by atoms with van der Waals surface area (Å²) in [6.45, 7) is 3.77. The van der Waals surface area contributed by atoms with Crippen molar-refractivity contribution in [2.24, 2.45) is 0 Å². The summed E-state index contributed by atoms with van der Waals surface area (Å²) in [5.74, 6) is -1.46. The van der Waals surface area contributed by atoms with Crippen LogP contribution in [0.5, 0.6) is 0 Å². The molecule has 0 aromatic heterocycles. The van der Waals surface area contributed by atoms with Crippen LogP contribution in [0.3, 0.4) is 0 Å². The van der Waals surface area contributed by atoms with E-state index < -0.39 is 5.97 Å².